The van der Waals surface area contributed by atoms with Crippen molar-refractivity contribution in [3.8, 4) is 0 Å². The summed E-state index contributed by atoms with van der Waals surface area (Å²) in [5, 5.41) is 30.4. The van der Waals surface area contributed by atoms with Crippen LogP contribution in [0.15, 0.2) is 59.9 Å². The zero-order valence-electron chi connectivity index (χ0n) is 14.5. The molecule has 28 heavy (non-hydrogen) atoms. The first-order valence-corrected chi connectivity index (χ1v) is 8.07. The maximum atomic E-state index is 12.7. The van der Waals surface area contributed by atoms with Crippen LogP contribution in [0.2, 0.25) is 0 Å². The van der Waals surface area contributed by atoms with Crippen molar-refractivity contribution in [2.24, 2.45) is 0 Å². The van der Waals surface area contributed by atoms with Crippen molar-refractivity contribution in [3.63, 3.8) is 0 Å². The molecule has 9 nitrogen and oxygen atoms in total. The molecule has 2 aromatic rings. The third-order valence-electron chi connectivity index (χ3n) is 4.38. The average Bonchev–Trinajstić information content (AvgIpc) is 2.93. The van der Waals surface area contributed by atoms with Gasteiger partial charge in [0.1, 0.15) is 0 Å². The number of rotatable bonds is 5. The molecule has 1 amide bonds. The molecule has 0 unspecified atom stereocenters. The van der Waals surface area contributed by atoms with Gasteiger partial charge in [-0.25, -0.2) is 4.79 Å². The number of carbonyl (C=O) groups excluding carboxylic acids is 2. The molecule has 3 rings (SSSR count). The predicted molar refractivity (Wildman–Crippen MR) is 97.1 cm³/mol. The number of aliphatic hydroxyl groups is 1. The van der Waals surface area contributed by atoms with Crippen molar-refractivity contribution in [2.75, 3.05) is 4.90 Å². The van der Waals surface area contributed by atoms with Crippen LogP contribution < -0.4 is 4.90 Å². The second-order valence-electron chi connectivity index (χ2n) is 6.10. The summed E-state index contributed by atoms with van der Waals surface area (Å²) >= 11 is 0. The van der Waals surface area contributed by atoms with Crippen molar-refractivity contribution in [1.29, 1.82) is 0 Å². The van der Waals surface area contributed by atoms with E-state index >= 15 is 0 Å². The summed E-state index contributed by atoms with van der Waals surface area (Å²) in [7, 11) is 0. The van der Waals surface area contributed by atoms with Crippen LogP contribution in [0, 0.1) is 10.1 Å². The first-order valence-electron chi connectivity index (χ1n) is 8.07. The van der Waals surface area contributed by atoms with Crippen molar-refractivity contribution in [1.82, 2.24) is 0 Å². The Morgan fingerprint density at radius 3 is 2.32 bits per heavy atom. The molecule has 2 N–H and O–H groups in total. The number of carbonyl (C=O) groups is 3. The number of nitro benzene ring substituents is 1. The van der Waals surface area contributed by atoms with E-state index in [-0.39, 0.29) is 28.1 Å². The van der Waals surface area contributed by atoms with Gasteiger partial charge in [-0.3, -0.25) is 24.6 Å². The van der Waals surface area contributed by atoms with E-state index < -0.39 is 34.4 Å². The van der Waals surface area contributed by atoms with Crippen LogP contribution in [0.5, 0.6) is 0 Å². The molecule has 1 heterocycles. The van der Waals surface area contributed by atoms with Crippen LogP contribution >= 0.6 is 0 Å². The highest BCUT2D eigenvalue weighted by molar-refractivity contribution is 6.16. The zero-order chi connectivity index (χ0) is 20.6. The van der Waals surface area contributed by atoms with Gasteiger partial charge in [-0.1, -0.05) is 12.1 Å². The Bertz CT molecular complexity index is 1040. The Balaban J connectivity index is 2.16. The molecule has 0 bridgehead atoms. The lowest BCUT2D eigenvalue weighted by Gasteiger charge is -2.26. The number of non-ortho nitro benzene ring substituents is 1. The van der Waals surface area contributed by atoms with Crippen molar-refractivity contribution < 1.29 is 29.5 Å². The summed E-state index contributed by atoms with van der Waals surface area (Å²) in [5.74, 6) is -3.32. The van der Waals surface area contributed by atoms with Crippen LogP contribution in [0.25, 0.3) is 0 Å². The first kappa shape index (κ1) is 18.8. The first-order chi connectivity index (χ1) is 13.2. The lowest BCUT2D eigenvalue weighted by Crippen LogP contribution is -2.30. The minimum Gasteiger partial charge on any atom is -0.503 e. The Kier molecular flexibility index (Phi) is 4.66. The maximum absolute atomic E-state index is 12.7. The Morgan fingerprint density at radius 2 is 1.79 bits per heavy atom. The van der Waals surface area contributed by atoms with E-state index in [9.17, 15) is 29.6 Å². The lowest BCUT2D eigenvalue weighted by atomic mass is 9.96. The van der Waals surface area contributed by atoms with Gasteiger partial charge in [0.05, 0.1) is 22.1 Å². The standard InChI is InChI=1S/C19H14N2O7/c1-10(22)15-16(12-3-2-4-14(9-12)21(27)28)20(18(24)17(15)23)13-7-5-11(6-8-13)19(25)26/h2-9,16,23H,1H3,(H,25,26)/t16-/m0/s1. The van der Waals surface area contributed by atoms with Crippen LogP contribution in [0.4, 0.5) is 11.4 Å². The minimum absolute atomic E-state index is 0.00809. The largest absolute Gasteiger partial charge is 0.503 e. The third kappa shape index (κ3) is 3.09. The van der Waals surface area contributed by atoms with Gasteiger partial charge in [0.15, 0.2) is 11.5 Å². The van der Waals surface area contributed by atoms with E-state index in [0.29, 0.717) is 0 Å². The fourth-order valence-corrected chi connectivity index (χ4v) is 3.12. The number of carboxylic acid groups (broad SMARTS) is 1. The van der Waals surface area contributed by atoms with Crippen LogP contribution in [-0.2, 0) is 9.59 Å². The highest BCUT2D eigenvalue weighted by Gasteiger charge is 2.43. The van der Waals surface area contributed by atoms with Gasteiger partial charge in [-0.05, 0) is 36.8 Å². The fourth-order valence-electron chi connectivity index (χ4n) is 3.12. The monoisotopic (exact) mass is 382 g/mol. The number of Topliss-reactive ketones (excluding diaryl/α,β-unsaturated/α-hetero) is 1. The molecule has 9 heteroatoms. The SMILES string of the molecule is CC(=O)C1=C(O)C(=O)N(c2ccc(C(=O)O)cc2)[C@H]1c1cccc([N+](=O)[O-])c1. The molecule has 1 aliphatic heterocycles. The van der Waals surface area contributed by atoms with Gasteiger partial charge >= 0.3 is 5.97 Å². The number of ketones is 1. The smallest absolute Gasteiger partial charge is 0.335 e. The number of carboxylic acids is 1. The zero-order valence-corrected chi connectivity index (χ0v) is 14.5. The van der Waals surface area contributed by atoms with Crippen LogP contribution in [0.1, 0.15) is 28.9 Å². The molecule has 142 valence electrons. The molecule has 0 saturated carbocycles. The van der Waals surface area contributed by atoms with Gasteiger partial charge in [0, 0.05) is 17.8 Å². The summed E-state index contributed by atoms with van der Waals surface area (Å²) in [5.41, 5.74) is 0.0629. The van der Waals surface area contributed by atoms with Gasteiger partial charge < -0.3 is 10.2 Å². The number of hydrogen-bond donors (Lipinski definition) is 2. The number of benzene rings is 2. The van der Waals surface area contributed by atoms with Crippen molar-refractivity contribution in [3.05, 3.63) is 81.1 Å². The van der Waals surface area contributed by atoms with E-state index in [1.807, 2.05) is 0 Å². The number of amides is 1. The topological polar surface area (TPSA) is 138 Å². The lowest BCUT2D eigenvalue weighted by molar-refractivity contribution is -0.384. The van der Waals surface area contributed by atoms with E-state index in [1.54, 1.807) is 0 Å². The van der Waals surface area contributed by atoms with Gasteiger partial charge in [-0.2, -0.15) is 0 Å². The van der Waals surface area contributed by atoms with Gasteiger partial charge in [0.2, 0.25) is 0 Å². The molecule has 0 aliphatic carbocycles. The van der Waals surface area contributed by atoms with Crippen LogP contribution in [-0.4, -0.2) is 32.8 Å². The highest BCUT2D eigenvalue weighted by Crippen LogP contribution is 2.41. The normalized spacial score (nSPS) is 16.4. The van der Waals surface area contributed by atoms with E-state index in [0.717, 1.165) is 4.90 Å². The van der Waals surface area contributed by atoms with Gasteiger partial charge in [-0.15, -0.1) is 0 Å². The Labute approximate surface area is 158 Å². The molecular weight excluding hydrogens is 368 g/mol. The second-order valence-corrected chi connectivity index (χ2v) is 6.10. The van der Waals surface area contributed by atoms with Crippen molar-refractivity contribution in [2.45, 2.75) is 13.0 Å². The van der Waals surface area contributed by atoms with E-state index in [2.05, 4.69) is 0 Å². The molecule has 1 atom stereocenters. The predicted octanol–water partition coefficient (Wildman–Crippen LogP) is 2.78. The molecular formula is C19H14N2O7. The molecule has 0 fully saturated rings. The number of nitrogens with zero attached hydrogens (tertiary/aromatic N) is 2. The summed E-state index contributed by atoms with van der Waals surface area (Å²) < 4.78 is 0. The van der Waals surface area contributed by atoms with Crippen LogP contribution in [0.3, 0.4) is 0 Å². The maximum Gasteiger partial charge on any atom is 0.335 e. The average molecular weight is 382 g/mol. The number of nitro groups is 1. The summed E-state index contributed by atoms with van der Waals surface area (Å²) in [4.78, 5) is 47.4. The molecule has 0 radical (unpaired) electrons. The van der Waals surface area contributed by atoms with Gasteiger partial charge in [0.25, 0.3) is 11.6 Å². The van der Waals surface area contributed by atoms with E-state index in [1.165, 1.54) is 55.5 Å². The number of aliphatic hydroxyl groups excluding tert-OH is 1. The Morgan fingerprint density at radius 1 is 1.14 bits per heavy atom. The van der Waals surface area contributed by atoms with Crippen molar-refractivity contribution >= 4 is 29.0 Å². The Hall–Kier alpha value is -4.01. The number of anilines is 1. The molecule has 2 aromatic carbocycles. The molecule has 1 aliphatic rings. The third-order valence-corrected chi connectivity index (χ3v) is 4.38. The summed E-state index contributed by atoms with van der Waals surface area (Å²) in [6.45, 7) is 1.18. The summed E-state index contributed by atoms with van der Waals surface area (Å²) in [6, 6.07) is 9.60. The second kappa shape index (κ2) is 6.95. The molecule has 0 saturated heterocycles. The highest BCUT2D eigenvalue weighted by atomic mass is 16.6. The number of hydrogen-bond acceptors (Lipinski definition) is 6. The number of aromatic carboxylic acids is 1. The molecule has 0 spiro atoms. The fraction of sp³-hybridized carbons (Fsp3) is 0.105. The molecule has 0 aromatic heterocycles. The minimum atomic E-state index is -1.15. The quantitative estimate of drug-likeness (QED) is 0.599. The van der Waals surface area contributed by atoms with E-state index in [4.69, 9.17) is 5.11 Å². The summed E-state index contributed by atoms with van der Waals surface area (Å²) in [6.07, 6.45) is 0.